The predicted molar refractivity (Wildman–Crippen MR) is 131 cm³/mol. The Hall–Kier alpha value is -5.18. The molecule has 0 radical (unpaired) electrons. The number of ether oxygens (including phenoxy) is 5. The molecule has 184 valence electrons. The summed E-state index contributed by atoms with van der Waals surface area (Å²) in [5.41, 5.74) is 0.592. The summed E-state index contributed by atoms with van der Waals surface area (Å²) in [4.78, 5) is 46.3. The van der Waals surface area contributed by atoms with Gasteiger partial charge in [-0.3, -0.25) is 0 Å². The Morgan fingerprint density at radius 3 is 1.69 bits per heavy atom. The van der Waals surface area contributed by atoms with Crippen LogP contribution in [0.25, 0.3) is 6.08 Å². The van der Waals surface area contributed by atoms with E-state index >= 15 is 0 Å². The van der Waals surface area contributed by atoms with Crippen molar-refractivity contribution in [1.29, 1.82) is 0 Å². The first-order chi connectivity index (χ1) is 17.3. The summed E-state index contributed by atoms with van der Waals surface area (Å²) in [6.45, 7) is 13.4. The normalized spacial score (nSPS) is 10.0. The molecule has 2 aromatic carbocycles. The lowest BCUT2D eigenvalue weighted by atomic mass is 10.2. The summed E-state index contributed by atoms with van der Waals surface area (Å²) in [7, 11) is 0. The van der Waals surface area contributed by atoms with E-state index in [-0.39, 0.29) is 35.4 Å². The Morgan fingerprint density at radius 2 is 1.11 bits per heavy atom. The van der Waals surface area contributed by atoms with Gasteiger partial charge in [-0.2, -0.15) is 0 Å². The van der Waals surface area contributed by atoms with Crippen LogP contribution in [0.5, 0.6) is 28.7 Å². The summed E-state index contributed by atoms with van der Waals surface area (Å²) in [6, 6.07) is 8.77. The molecule has 0 saturated heterocycles. The second-order valence-corrected chi connectivity index (χ2v) is 6.53. The van der Waals surface area contributed by atoms with Crippen LogP contribution < -0.4 is 23.7 Å². The zero-order chi connectivity index (χ0) is 26.5. The summed E-state index contributed by atoms with van der Waals surface area (Å²) in [5.74, 6) is -2.53. The molecule has 0 aliphatic carbocycles. The molecule has 0 aromatic heterocycles. The van der Waals surface area contributed by atoms with Gasteiger partial charge in [0.25, 0.3) is 0 Å². The van der Waals surface area contributed by atoms with Crippen LogP contribution in [0, 0.1) is 0 Å². The Morgan fingerprint density at radius 1 is 0.611 bits per heavy atom. The molecule has 0 N–H and O–H groups in total. The maximum atomic E-state index is 11.7. The fourth-order valence-electron chi connectivity index (χ4n) is 2.47. The van der Waals surface area contributed by atoms with Gasteiger partial charge in [-0.1, -0.05) is 38.5 Å². The Balaban J connectivity index is 2.18. The van der Waals surface area contributed by atoms with Gasteiger partial charge in [-0.05, 0) is 35.9 Å². The highest BCUT2D eigenvalue weighted by Crippen LogP contribution is 2.32. The Bertz CT molecular complexity index is 1240. The quantitative estimate of drug-likeness (QED) is 0.246. The third-order valence-corrected chi connectivity index (χ3v) is 4.05. The van der Waals surface area contributed by atoms with E-state index in [1.165, 1.54) is 30.3 Å². The zero-order valence-electron chi connectivity index (χ0n) is 19.1. The number of hydrogen-bond acceptors (Lipinski definition) is 9. The molecule has 2 aromatic rings. The molecule has 2 rings (SSSR count). The average molecular weight is 490 g/mol. The van der Waals surface area contributed by atoms with Crippen LogP contribution in [-0.4, -0.2) is 30.5 Å². The topological polar surface area (TPSA) is 114 Å². The minimum atomic E-state index is -0.737. The van der Waals surface area contributed by atoms with Crippen molar-refractivity contribution in [3.63, 3.8) is 0 Å². The lowest BCUT2D eigenvalue weighted by molar-refractivity contribution is -0.131. The molecule has 0 aliphatic rings. The molecule has 0 bridgehead atoms. The molecular weight excluding hydrogens is 468 g/mol. The highest BCUT2D eigenvalue weighted by atomic mass is 16.6. The molecule has 0 saturated carbocycles. The SMILES string of the molecule is C=CC(=O)Oc1ccc(OC/C=C/c2ccc(OC(=O)C=C)c(OC(=O)C=C)c2)c(OC(=O)C=C)c1. The number of benzene rings is 2. The zero-order valence-corrected chi connectivity index (χ0v) is 19.1. The maximum absolute atomic E-state index is 11.7. The second kappa shape index (κ2) is 13.5. The first-order valence-electron chi connectivity index (χ1n) is 10.2. The van der Waals surface area contributed by atoms with Crippen molar-refractivity contribution in [1.82, 2.24) is 0 Å². The van der Waals surface area contributed by atoms with Crippen molar-refractivity contribution in [2.45, 2.75) is 0 Å². The van der Waals surface area contributed by atoms with Gasteiger partial charge in [0.1, 0.15) is 12.4 Å². The molecule has 36 heavy (non-hydrogen) atoms. The molecule has 0 unspecified atom stereocenters. The van der Waals surface area contributed by atoms with Crippen molar-refractivity contribution in [2.24, 2.45) is 0 Å². The van der Waals surface area contributed by atoms with Gasteiger partial charge in [0.15, 0.2) is 23.0 Å². The first-order valence-corrected chi connectivity index (χ1v) is 10.2. The van der Waals surface area contributed by atoms with Gasteiger partial charge in [0.2, 0.25) is 0 Å². The lowest BCUT2D eigenvalue weighted by Gasteiger charge is -2.11. The molecule has 0 atom stereocenters. The van der Waals surface area contributed by atoms with Crippen molar-refractivity contribution in [3.8, 4) is 28.7 Å². The van der Waals surface area contributed by atoms with E-state index in [0.717, 1.165) is 24.3 Å². The van der Waals surface area contributed by atoms with E-state index in [1.54, 1.807) is 18.2 Å². The highest BCUT2D eigenvalue weighted by molar-refractivity contribution is 5.86. The molecule has 0 aliphatic heterocycles. The predicted octanol–water partition coefficient (Wildman–Crippen LogP) is 4.14. The number of carbonyl (C=O) groups excluding carboxylic acids is 4. The van der Waals surface area contributed by atoms with E-state index in [1.807, 2.05) is 0 Å². The highest BCUT2D eigenvalue weighted by Gasteiger charge is 2.13. The summed E-state index contributed by atoms with van der Waals surface area (Å²) in [5, 5.41) is 0. The number of rotatable bonds is 12. The van der Waals surface area contributed by atoms with E-state index in [2.05, 4.69) is 26.3 Å². The van der Waals surface area contributed by atoms with E-state index in [9.17, 15) is 19.2 Å². The molecule has 0 amide bonds. The van der Waals surface area contributed by atoms with Crippen LogP contribution in [0.2, 0.25) is 0 Å². The van der Waals surface area contributed by atoms with Gasteiger partial charge in [-0.25, -0.2) is 19.2 Å². The molecule has 0 fully saturated rings. The molecule has 9 nitrogen and oxygen atoms in total. The van der Waals surface area contributed by atoms with Crippen LogP contribution in [-0.2, 0) is 19.2 Å². The molecule has 0 spiro atoms. The minimum absolute atomic E-state index is 0.00134. The van der Waals surface area contributed by atoms with Crippen molar-refractivity contribution in [3.05, 3.63) is 98.7 Å². The van der Waals surface area contributed by atoms with Crippen molar-refractivity contribution in [2.75, 3.05) is 6.61 Å². The van der Waals surface area contributed by atoms with Crippen molar-refractivity contribution < 1.29 is 42.9 Å². The van der Waals surface area contributed by atoms with Gasteiger partial charge in [-0.15, -0.1) is 0 Å². The smallest absolute Gasteiger partial charge is 0.335 e. The fraction of sp³-hybridized carbons (Fsp3) is 0.0370. The lowest BCUT2D eigenvalue weighted by Crippen LogP contribution is -2.08. The van der Waals surface area contributed by atoms with Crippen LogP contribution >= 0.6 is 0 Å². The maximum Gasteiger partial charge on any atom is 0.335 e. The third kappa shape index (κ3) is 8.31. The summed E-state index contributed by atoms with van der Waals surface area (Å²) >= 11 is 0. The standard InChI is InChI=1S/C27H22O9/c1-5-24(28)33-19-12-14-20(23(17-19)36-27(31)8-4)32-15-9-10-18-11-13-21(34-25(29)6-2)22(16-18)35-26(30)7-3/h5-14,16-17H,1-4,15H2/b10-9+. The van der Waals surface area contributed by atoms with E-state index < -0.39 is 23.9 Å². The first kappa shape index (κ1) is 27.1. The Labute approximate surface area is 207 Å². The van der Waals surface area contributed by atoms with Crippen LogP contribution in [0.3, 0.4) is 0 Å². The fourth-order valence-corrected chi connectivity index (χ4v) is 2.47. The van der Waals surface area contributed by atoms with Gasteiger partial charge in [0, 0.05) is 30.4 Å². The summed E-state index contributed by atoms with van der Waals surface area (Å²) in [6.07, 6.45) is 7.19. The number of carbonyl (C=O) groups is 4. The largest absolute Gasteiger partial charge is 0.486 e. The summed E-state index contributed by atoms with van der Waals surface area (Å²) < 4.78 is 26.0. The minimum Gasteiger partial charge on any atom is -0.486 e. The monoisotopic (exact) mass is 490 g/mol. The van der Waals surface area contributed by atoms with Gasteiger partial charge < -0.3 is 23.7 Å². The molecule has 0 heterocycles. The number of hydrogen-bond donors (Lipinski definition) is 0. The van der Waals surface area contributed by atoms with Crippen LogP contribution in [0.4, 0.5) is 0 Å². The van der Waals surface area contributed by atoms with Crippen molar-refractivity contribution >= 4 is 30.0 Å². The Kier molecular flexibility index (Phi) is 10.2. The molecular formula is C27H22O9. The average Bonchev–Trinajstić information content (AvgIpc) is 2.88. The molecule has 9 heteroatoms. The van der Waals surface area contributed by atoms with E-state index in [0.29, 0.717) is 5.56 Å². The second-order valence-electron chi connectivity index (χ2n) is 6.53. The van der Waals surface area contributed by atoms with Crippen LogP contribution in [0.15, 0.2) is 93.1 Å². The van der Waals surface area contributed by atoms with Gasteiger partial charge in [0.05, 0.1) is 0 Å². The number of esters is 4. The third-order valence-electron chi connectivity index (χ3n) is 4.05. The van der Waals surface area contributed by atoms with E-state index in [4.69, 9.17) is 23.7 Å². The van der Waals surface area contributed by atoms with Gasteiger partial charge >= 0.3 is 23.9 Å². The van der Waals surface area contributed by atoms with Crippen LogP contribution in [0.1, 0.15) is 5.56 Å².